The number of H-pyrrole nitrogens is 1. The first kappa shape index (κ1) is 22.0. The number of benzene rings is 2. The third-order valence-corrected chi connectivity index (χ3v) is 5.06. The lowest BCUT2D eigenvalue weighted by atomic mass is 9.86. The second kappa shape index (κ2) is 9.42. The van der Waals surface area contributed by atoms with Gasteiger partial charge >= 0.3 is 5.97 Å². The maximum atomic E-state index is 13.0. The molecule has 0 amide bonds. The molecule has 0 bridgehead atoms. The number of carbonyl (C=O) groups excluding carboxylic acids is 1. The molecule has 1 aromatic heterocycles. The van der Waals surface area contributed by atoms with E-state index >= 15 is 0 Å². The number of rotatable bonds is 8. The van der Waals surface area contributed by atoms with Gasteiger partial charge in [-0.05, 0) is 25.1 Å². The highest BCUT2D eigenvalue weighted by atomic mass is 16.5. The minimum atomic E-state index is -0.859. The first-order valence-electron chi connectivity index (χ1n) is 9.75. The minimum Gasteiger partial charge on any atom is -0.507 e. The van der Waals surface area contributed by atoms with E-state index in [0.717, 1.165) is 0 Å². The van der Waals surface area contributed by atoms with Gasteiger partial charge in [0.2, 0.25) is 5.75 Å². The lowest BCUT2D eigenvalue weighted by molar-refractivity contribution is -0.143. The Morgan fingerprint density at radius 1 is 1.03 bits per heavy atom. The average molecular weight is 427 g/mol. The van der Waals surface area contributed by atoms with Crippen LogP contribution in [0.15, 0.2) is 41.2 Å². The van der Waals surface area contributed by atoms with E-state index in [1.54, 1.807) is 43.3 Å². The maximum absolute atomic E-state index is 13.0. The molecule has 164 valence electrons. The summed E-state index contributed by atoms with van der Waals surface area (Å²) in [5, 5.41) is 11.5. The van der Waals surface area contributed by atoms with Gasteiger partial charge in [0.05, 0.1) is 45.4 Å². The van der Waals surface area contributed by atoms with Gasteiger partial charge < -0.3 is 29.0 Å². The smallest absolute Gasteiger partial charge is 0.306 e. The lowest BCUT2D eigenvalue weighted by Gasteiger charge is -2.23. The highest BCUT2D eigenvalue weighted by Gasteiger charge is 2.31. The first-order chi connectivity index (χ1) is 15.0. The molecule has 0 aliphatic heterocycles. The second-order valence-corrected chi connectivity index (χ2v) is 6.75. The van der Waals surface area contributed by atoms with Crippen LogP contribution in [0.5, 0.6) is 23.0 Å². The van der Waals surface area contributed by atoms with E-state index in [9.17, 15) is 14.7 Å². The fraction of sp³-hybridized carbons (Fsp3) is 0.304. The number of carbonyl (C=O) groups is 1. The Bertz CT molecular complexity index is 1150. The Balaban J connectivity index is 2.30. The van der Waals surface area contributed by atoms with Gasteiger partial charge in [-0.3, -0.25) is 9.59 Å². The third kappa shape index (κ3) is 4.14. The van der Waals surface area contributed by atoms with E-state index in [1.807, 2.05) is 0 Å². The second-order valence-electron chi connectivity index (χ2n) is 6.75. The number of pyridine rings is 1. The zero-order valence-corrected chi connectivity index (χ0v) is 17.9. The molecule has 8 heteroatoms. The standard InChI is InChI=1S/C23H25NO7/c1-5-31-18(25)12-15(13-10-11-17(28-2)22(30-4)21(13)29-3)19-20(26)14-8-6-7-9-16(14)24-23(19)27/h6-11,15H,5,12H2,1-4H3,(H2,24,26,27)/t15-/m0/s1. The topological polar surface area (TPSA) is 107 Å². The summed E-state index contributed by atoms with van der Waals surface area (Å²) in [5.41, 5.74) is 0.492. The molecule has 0 aliphatic rings. The number of hydrogen-bond donors (Lipinski definition) is 2. The number of methoxy groups -OCH3 is 3. The highest BCUT2D eigenvalue weighted by Crippen LogP contribution is 2.46. The molecule has 1 atom stereocenters. The summed E-state index contributed by atoms with van der Waals surface area (Å²) in [6.45, 7) is 1.89. The van der Waals surface area contributed by atoms with Crippen LogP contribution in [-0.2, 0) is 9.53 Å². The van der Waals surface area contributed by atoms with Crippen molar-refractivity contribution in [3.8, 4) is 23.0 Å². The molecule has 31 heavy (non-hydrogen) atoms. The van der Waals surface area contributed by atoms with Gasteiger partial charge in [-0.2, -0.15) is 0 Å². The summed E-state index contributed by atoms with van der Waals surface area (Å²) >= 11 is 0. The average Bonchev–Trinajstić information content (AvgIpc) is 2.77. The Kier molecular flexibility index (Phi) is 6.69. The van der Waals surface area contributed by atoms with Crippen molar-refractivity contribution in [2.75, 3.05) is 27.9 Å². The van der Waals surface area contributed by atoms with Crippen LogP contribution in [0.3, 0.4) is 0 Å². The molecule has 1 heterocycles. The zero-order valence-electron chi connectivity index (χ0n) is 17.9. The number of para-hydroxylation sites is 1. The van der Waals surface area contributed by atoms with Gasteiger partial charge in [-0.15, -0.1) is 0 Å². The van der Waals surface area contributed by atoms with Crippen LogP contribution in [0.4, 0.5) is 0 Å². The number of aromatic nitrogens is 1. The number of aromatic amines is 1. The molecule has 0 saturated heterocycles. The SMILES string of the molecule is CCOC(=O)C[C@@H](c1ccc(OC)c(OC)c1OC)c1c(O)c2ccccc2[nH]c1=O. The van der Waals surface area contributed by atoms with Crippen molar-refractivity contribution in [2.45, 2.75) is 19.3 Å². The van der Waals surface area contributed by atoms with Crippen molar-refractivity contribution >= 4 is 16.9 Å². The molecule has 2 aromatic carbocycles. The number of aromatic hydroxyl groups is 1. The van der Waals surface area contributed by atoms with Crippen LogP contribution in [0.2, 0.25) is 0 Å². The van der Waals surface area contributed by atoms with Gasteiger partial charge in [0.15, 0.2) is 11.5 Å². The minimum absolute atomic E-state index is 0.0391. The number of hydrogen-bond acceptors (Lipinski definition) is 7. The van der Waals surface area contributed by atoms with Crippen molar-refractivity contribution in [3.63, 3.8) is 0 Å². The number of ether oxygens (including phenoxy) is 4. The molecule has 0 aliphatic carbocycles. The lowest BCUT2D eigenvalue weighted by Crippen LogP contribution is -2.21. The van der Waals surface area contributed by atoms with Crippen molar-refractivity contribution in [3.05, 3.63) is 57.9 Å². The fourth-order valence-corrected chi connectivity index (χ4v) is 3.72. The van der Waals surface area contributed by atoms with Gasteiger partial charge in [0.1, 0.15) is 5.75 Å². The number of esters is 1. The third-order valence-electron chi connectivity index (χ3n) is 5.06. The quantitative estimate of drug-likeness (QED) is 0.531. The number of fused-ring (bicyclic) bond motifs is 1. The Morgan fingerprint density at radius 2 is 1.74 bits per heavy atom. The normalized spacial score (nSPS) is 11.7. The summed E-state index contributed by atoms with van der Waals surface area (Å²) in [6, 6.07) is 10.2. The molecule has 3 rings (SSSR count). The Morgan fingerprint density at radius 3 is 2.39 bits per heavy atom. The molecular formula is C23H25NO7. The number of nitrogens with one attached hydrogen (secondary N) is 1. The van der Waals surface area contributed by atoms with Gasteiger partial charge in [0.25, 0.3) is 5.56 Å². The Hall–Kier alpha value is -3.68. The van der Waals surface area contributed by atoms with Gasteiger partial charge in [0, 0.05) is 16.9 Å². The molecule has 0 saturated carbocycles. The molecule has 8 nitrogen and oxygen atoms in total. The predicted molar refractivity (Wildman–Crippen MR) is 115 cm³/mol. The van der Waals surface area contributed by atoms with Crippen molar-refractivity contribution in [1.82, 2.24) is 4.98 Å². The summed E-state index contributed by atoms with van der Waals surface area (Å²) in [4.78, 5) is 28.3. The van der Waals surface area contributed by atoms with Crippen molar-refractivity contribution in [1.29, 1.82) is 0 Å². The largest absolute Gasteiger partial charge is 0.507 e. The predicted octanol–water partition coefficient (Wildman–Crippen LogP) is 3.34. The summed E-state index contributed by atoms with van der Waals surface area (Å²) < 4.78 is 21.5. The van der Waals surface area contributed by atoms with Crippen LogP contribution in [0, 0.1) is 0 Å². The van der Waals surface area contributed by atoms with Crippen LogP contribution in [-0.4, -0.2) is 44.0 Å². The summed E-state index contributed by atoms with van der Waals surface area (Å²) in [6.07, 6.45) is -0.186. The van der Waals surface area contributed by atoms with Crippen LogP contribution >= 0.6 is 0 Å². The van der Waals surface area contributed by atoms with E-state index in [2.05, 4.69) is 4.98 Å². The first-order valence-corrected chi connectivity index (χ1v) is 9.75. The van der Waals surface area contributed by atoms with Crippen LogP contribution in [0.1, 0.15) is 30.4 Å². The van der Waals surface area contributed by atoms with E-state index in [4.69, 9.17) is 18.9 Å². The van der Waals surface area contributed by atoms with Crippen molar-refractivity contribution in [2.24, 2.45) is 0 Å². The van der Waals surface area contributed by atoms with Crippen LogP contribution in [0.25, 0.3) is 10.9 Å². The highest BCUT2D eigenvalue weighted by molar-refractivity contribution is 5.86. The Labute approximate surface area is 179 Å². The van der Waals surface area contributed by atoms with E-state index < -0.39 is 17.4 Å². The molecule has 0 spiro atoms. The zero-order chi connectivity index (χ0) is 22.5. The fourth-order valence-electron chi connectivity index (χ4n) is 3.72. The van der Waals surface area contributed by atoms with E-state index in [0.29, 0.717) is 33.7 Å². The van der Waals surface area contributed by atoms with Crippen LogP contribution < -0.4 is 19.8 Å². The molecule has 0 fully saturated rings. The molecular weight excluding hydrogens is 402 g/mol. The molecule has 0 unspecified atom stereocenters. The van der Waals surface area contributed by atoms with Crippen molar-refractivity contribution < 1.29 is 28.8 Å². The molecule has 3 aromatic rings. The molecule has 2 N–H and O–H groups in total. The monoisotopic (exact) mass is 427 g/mol. The summed E-state index contributed by atoms with van der Waals surface area (Å²) in [5.74, 6) is -0.547. The van der Waals surface area contributed by atoms with E-state index in [1.165, 1.54) is 21.3 Å². The van der Waals surface area contributed by atoms with Gasteiger partial charge in [-0.1, -0.05) is 18.2 Å². The summed E-state index contributed by atoms with van der Waals surface area (Å²) in [7, 11) is 4.41. The molecule has 0 radical (unpaired) electrons. The maximum Gasteiger partial charge on any atom is 0.306 e. The van der Waals surface area contributed by atoms with Gasteiger partial charge in [-0.25, -0.2) is 0 Å². The van der Waals surface area contributed by atoms with E-state index in [-0.39, 0.29) is 24.3 Å².